The Morgan fingerprint density at radius 1 is 0.868 bits per heavy atom. The Morgan fingerprint density at radius 3 is 2.29 bits per heavy atom. The predicted octanol–water partition coefficient (Wildman–Crippen LogP) is 8.86. The van der Waals surface area contributed by atoms with Gasteiger partial charge in [-0.1, -0.05) is 83.5 Å². The van der Waals surface area contributed by atoms with E-state index in [2.05, 4.69) is 17.2 Å². The fraction of sp³-hybridized carbons (Fsp3) is 0.758. The number of aromatic nitrogens is 1. The third kappa shape index (κ3) is 8.52. The van der Waals surface area contributed by atoms with Crippen molar-refractivity contribution in [1.82, 2.24) is 10.3 Å². The summed E-state index contributed by atoms with van der Waals surface area (Å²) in [5.74, 6) is 0.577. The van der Waals surface area contributed by atoms with Crippen LogP contribution in [0.5, 0.6) is 0 Å². The van der Waals surface area contributed by atoms with Gasteiger partial charge in [0.05, 0.1) is 5.52 Å². The molecule has 4 atom stereocenters. The first kappa shape index (κ1) is 29.5. The normalized spacial score (nSPS) is 29.1. The molecule has 0 aliphatic heterocycles. The van der Waals surface area contributed by atoms with Crippen LogP contribution in [-0.2, 0) is 6.42 Å². The first-order valence-electron chi connectivity index (χ1n) is 15.8. The van der Waals surface area contributed by atoms with Gasteiger partial charge in [0.25, 0.3) is 0 Å². The van der Waals surface area contributed by atoms with Crippen LogP contribution in [0.1, 0.15) is 127 Å². The largest absolute Gasteiger partial charge is 0.356 e. The molecule has 2 aliphatic rings. The van der Waals surface area contributed by atoms with Gasteiger partial charge in [0, 0.05) is 28.7 Å². The molecular formula is C33H53F2N3. The molecule has 1 aromatic carbocycles. The Kier molecular flexibility index (Phi) is 11.1. The number of hydrogen-bond acceptors (Lipinski definition) is 2. The first-order valence-corrected chi connectivity index (χ1v) is 15.8. The highest BCUT2D eigenvalue weighted by Crippen LogP contribution is 2.37. The molecule has 0 bridgehead atoms. The van der Waals surface area contributed by atoms with Gasteiger partial charge in [-0.25, -0.2) is 8.78 Å². The van der Waals surface area contributed by atoms with Gasteiger partial charge in [0.2, 0.25) is 0 Å². The molecule has 2 fully saturated rings. The first-order chi connectivity index (χ1) is 18.3. The molecule has 2 saturated carbocycles. The Balaban J connectivity index is 1.34. The number of nitrogens with two attached hydrogens (primary N) is 1. The van der Waals surface area contributed by atoms with Gasteiger partial charge in [-0.15, -0.1) is 0 Å². The molecule has 2 aliphatic carbocycles. The molecule has 5 heteroatoms. The minimum atomic E-state index is -0.509. The smallest absolute Gasteiger partial charge is 0.150 e. The Hall–Kier alpha value is -1.46. The lowest BCUT2D eigenvalue weighted by molar-refractivity contribution is 0.191. The van der Waals surface area contributed by atoms with Gasteiger partial charge in [-0.05, 0) is 76.0 Å². The molecule has 0 radical (unpaired) electrons. The molecule has 0 amide bonds. The average Bonchev–Trinajstić information content (AvgIpc) is 3.15. The number of aromatic amines is 1. The number of halogens is 2. The Labute approximate surface area is 230 Å². The topological polar surface area (TPSA) is 53.8 Å². The predicted molar refractivity (Wildman–Crippen MR) is 157 cm³/mol. The summed E-state index contributed by atoms with van der Waals surface area (Å²) in [4.78, 5) is 3.13. The molecule has 4 N–H and O–H groups in total. The lowest BCUT2D eigenvalue weighted by atomic mass is 9.73. The summed E-state index contributed by atoms with van der Waals surface area (Å²) in [6.45, 7) is 5.12. The summed E-state index contributed by atoms with van der Waals surface area (Å²) in [6, 6.07) is 2.95. The van der Waals surface area contributed by atoms with Crippen molar-refractivity contribution in [2.75, 3.05) is 6.54 Å². The zero-order chi connectivity index (χ0) is 27.0. The number of H-pyrrole nitrogens is 1. The van der Waals surface area contributed by atoms with Crippen LogP contribution in [0.25, 0.3) is 10.9 Å². The van der Waals surface area contributed by atoms with Crippen LogP contribution in [0.2, 0.25) is 0 Å². The van der Waals surface area contributed by atoms with Crippen molar-refractivity contribution in [3.63, 3.8) is 0 Å². The second kappa shape index (κ2) is 14.3. The van der Waals surface area contributed by atoms with Gasteiger partial charge >= 0.3 is 0 Å². The minimum absolute atomic E-state index is 0.00926. The fourth-order valence-corrected chi connectivity index (χ4v) is 7.54. The molecule has 4 unspecified atom stereocenters. The van der Waals surface area contributed by atoms with E-state index < -0.39 is 11.6 Å². The van der Waals surface area contributed by atoms with Crippen molar-refractivity contribution in [3.8, 4) is 0 Å². The van der Waals surface area contributed by atoms with Crippen LogP contribution in [0, 0.1) is 30.4 Å². The van der Waals surface area contributed by atoms with Crippen LogP contribution in [0.15, 0.2) is 12.1 Å². The summed E-state index contributed by atoms with van der Waals surface area (Å²) in [6.07, 6.45) is 23.1. The lowest BCUT2D eigenvalue weighted by Gasteiger charge is -2.36. The molecule has 1 heterocycles. The van der Waals surface area contributed by atoms with Gasteiger partial charge in [0.1, 0.15) is 11.6 Å². The van der Waals surface area contributed by atoms with Crippen molar-refractivity contribution in [2.45, 2.75) is 141 Å². The lowest BCUT2D eigenvalue weighted by Crippen LogP contribution is -2.40. The quantitative estimate of drug-likeness (QED) is 0.362. The zero-order valence-electron chi connectivity index (χ0n) is 24.2. The number of hydrogen-bond donors (Lipinski definition) is 3. The highest BCUT2D eigenvalue weighted by molar-refractivity contribution is 5.85. The molecular weight excluding hydrogens is 476 g/mol. The number of fused-ring (bicyclic) bond motifs is 1. The van der Waals surface area contributed by atoms with E-state index in [4.69, 9.17) is 5.73 Å². The second-order valence-electron chi connectivity index (χ2n) is 13.0. The Bertz CT molecular complexity index is 998. The van der Waals surface area contributed by atoms with E-state index in [1.54, 1.807) is 0 Å². The maximum absolute atomic E-state index is 14.2. The van der Waals surface area contributed by atoms with Crippen LogP contribution >= 0.6 is 0 Å². The summed E-state index contributed by atoms with van der Waals surface area (Å²) in [5.41, 5.74) is 9.23. The third-order valence-corrected chi connectivity index (χ3v) is 9.68. The van der Waals surface area contributed by atoms with Gasteiger partial charge in [-0.3, -0.25) is 0 Å². The molecule has 2 aromatic rings. The van der Waals surface area contributed by atoms with E-state index in [0.29, 0.717) is 16.9 Å². The maximum Gasteiger partial charge on any atom is 0.150 e. The average molecular weight is 530 g/mol. The zero-order valence-corrected chi connectivity index (χ0v) is 24.2. The van der Waals surface area contributed by atoms with Crippen molar-refractivity contribution < 1.29 is 8.78 Å². The highest BCUT2D eigenvalue weighted by Gasteiger charge is 2.29. The highest BCUT2D eigenvalue weighted by atomic mass is 19.1. The number of aryl methyl sites for hydroxylation is 1. The molecule has 38 heavy (non-hydrogen) atoms. The van der Waals surface area contributed by atoms with E-state index in [9.17, 15) is 8.78 Å². The maximum atomic E-state index is 14.2. The molecule has 4 rings (SSSR count). The van der Waals surface area contributed by atoms with Gasteiger partial charge in [-0.2, -0.15) is 0 Å². The van der Waals surface area contributed by atoms with Crippen LogP contribution in [0.3, 0.4) is 0 Å². The van der Waals surface area contributed by atoms with Gasteiger partial charge in [0.15, 0.2) is 0 Å². The van der Waals surface area contributed by atoms with E-state index in [1.165, 1.54) is 115 Å². The van der Waals surface area contributed by atoms with Gasteiger partial charge < -0.3 is 16.0 Å². The summed E-state index contributed by atoms with van der Waals surface area (Å²) >= 11 is 0. The summed E-state index contributed by atoms with van der Waals surface area (Å²) < 4.78 is 28.1. The molecule has 0 spiro atoms. The minimum Gasteiger partial charge on any atom is -0.356 e. The van der Waals surface area contributed by atoms with Crippen molar-refractivity contribution in [2.24, 2.45) is 17.6 Å². The van der Waals surface area contributed by atoms with Crippen LogP contribution < -0.4 is 11.1 Å². The standard InChI is InChI=1S/C33H53F2N3/c1-24-29(30-21-27(34)22-31(35)32(30)38-24)18-20-37-28-16-10-6-5-8-13-25(15-12-17-28)26-14-9-4-3-7-11-19-33(2,36)23-26/h21-22,25-26,28,37-38H,3-20,23,36H2,1-2H3. The molecule has 3 nitrogen and oxygen atoms in total. The molecule has 1 aromatic heterocycles. The van der Waals surface area contributed by atoms with E-state index >= 15 is 0 Å². The Morgan fingerprint density at radius 2 is 1.50 bits per heavy atom. The van der Waals surface area contributed by atoms with Crippen molar-refractivity contribution in [1.29, 1.82) is 0 Å². The number of nitrogens with one attached hydrogen (secondary N) is 2. The monoisotopic (exact) mass is 529 g/mol. The van der Waals surface area contributed by atoms with E-state index in [-0.39, 0.29) is 5.54 Å². The fourth-order valence-electron chi connectivity index (χ4n) is 7.54. The molecule has 0 saturated heterocycles. The van der Waals surface area contributed by atoms with Crippen LogP contribution in [0.4, 0.5) is 8.78 Å². The summed E-state index contributed by atoms with van der Waals surface area (Å²) in [7, 11) is 0. The third-order valence-electron chi connectivity index (χ3n) is 9.68. The number of rotatable bonds is 5. The SMILES string of the molecule is Cc1[nH]c2c(F)cc(F)cc2c1CCNC1CCCCCCC(C2CCCCCCCC(C)(N)C2)CCC1. The van der Waals surface area contributed by atoms with Crippen molar-refractivity contribution in [3.05, 3.63) is 35.0 Å². The second-order valence-corrected chi connectivity index (χ2v) is 13.0. The molecule has 214 valence electrons. The number of benzene rings is 1. The van der Waals surface area contributed by atoms with E-state index in [1.807, 2.05) is 6.92 Å². The summed E-state index contributed by atoms with van der Waals surface area (Å²) in [5, 5.41) is 4.52. The van der Waals surface area contributed by atoms with Crippen molar-refractivity contribution >= 4 is 10.9 Å². The van der Waals surface area contributed by atoms with Crippen LogP contribution in [-0.4, -0.2) is 23.1 Å². The van der Waals surface area contributed by atoms with E-state index in [0.717, 1.165) is 42.1 Å².